The van der Waals surface area contributed by atoms with Gasteiger partial charge in [-0.15, -0.1) is 0 Å². The largest absolute Gasteiger partial charge is 0.389 e. The van der Waals surface area contributed by atoms with Crippen molar-refractivity contribution in [2.75, 3.05) is 0 Å². The summed E-state index contributed by atoms with van der Waals surface area (Å²) in [6, 6.07) is 0. The minimum absolute atomic E-state index is 0.0618. The third-order valence-electron chi connectivity index (χ3n) is 3.98. The number of carbonyl (C=O) groups excluding carboxylic acids is 1. The number of ketones is 1. The molecule has 1 aliphatic carbocycles. The van der Waals surface area contributed by atoms with Gasteiger partial charge in [0.2, 0.25) is 5.78 Å². The Kier molecular flexibility index (Phi) is 9.42. The molecule has 2 atom stereocenters. The molecule has 0 heterocycles. The van der Waals surface area contributed by atoms with Gasteiger partial charge >= 0.3 is 0 Å². The molecule has 22 heavy (non-hydrogen) atoms. The van der Waals surface area contributed by atoms with Crippen molar-refractivity contribution in [3.05, 3.63) is 34.9 Å². The molecule has 0 aromatic heterocycles. The molecule has 0 spiro atoms. The summed E-state index contributed by atoms with van der Waals surface area (Å²) in [5.41, 5.74) is 0.762. The lowest BCUT2D eigenvalue weighted by molar-refractivity contribution is -0.111. The SMILES string of the molecule is CCCCCC=C1C(=O)C(Cl)=CC1C=CC(O)CCCCC. The number of hydrogen-bond donors (Lipinski definition) is 1. The molecule has 2 nitrogen and oxygen atoms in total. The zero-order valence-electron chi connectivity index (χ0n) is 13.9. The van der Waals surface area contributed by atoms with Gasteiger partial charge in [-0.1, -0.05) is 81.9 Å². The fourth-order valence-corrected chi connectivity index (χ4v) is 2.84. The first-order valence-corrected chi connectivity index (χ1v) is 8.96. The molecule has 0 saturated carbocycles. The number of hydrogen-bond acceptors (Lipinski definition) is 2. The van der Waals surface area contributed by atoms with Gasteiger partial charge in [-0.25, -0.2) is 0 Å². The molecule has 3 heteroatoms. The molecular formula is C19H29ClO2. The normalized spacial score (nSPS) is 21.8. The van der Waals surface area contributed by atoms with Crippen LogP contribution in [-0.4, -0.2) is 17.0 Å². The van der Waals surface area contributed by atoms with E-state index in [1.54, 1.807) is 12.2 Å². The van der Waals surface area contributed by atoms with Gasteiger partial charge in [-0.3, -0.25) is 4.79 Å². The second kappa shape index (κ2) is 10.8. The van der Waals surface area contributed by atoms with Gasteiger partial charge in [0.1, 0.15) is 0 Å². The van der Waals surface area contributed by atoms with Crippen molar-refractivity contribution < 1.29 is 9.90 Å². The van der Waals surface area contributed by atoms with Gasteiger partial charge < -0.3 is 5.11 Å². The molecule has 1 rings (SSSR count). The smallest absolute Gasteiger partial charge is 0.200 e. The van der Waals surface area contributed by atoms with Crippen LogP contribution in [0, 0.1) is 5.92 Å². The van der Waals surface area contributed by atoms with Gasteiger partial charge in [0, 0.05) is 11.5 Å². The maximum Gasteiger partial charge on any atom is 0.200 e. The minimum Gasteiger partial charge on any atom is -0.389 e. The van der Waals surface area contributed by atoms with E-state index >= 15 is 0 Å². The Balaban J connectivity index is 2.59. The van der Waals surface area contributed by atoms with Crippen molar-refractivity contribution >= 4 is 17.4 Å². The van der Waals surface area contributed by atoms with E-state index in [-0.39, 0.29) is 11.7 Å². The van der Waals surface area contributed by atoms with Crippen molar-refractivity contribution in [3.63, 3.8) is 0 Å². The highest BCUT2D eigenvalue weighted by molar-refractivity contribution is 6.46. The average molecular weight is 325 g/mol. The lowest BCUT2D eigenvalue weighted by Gasteiger charge is -2.08. The summed E-state index contributed by atoms with van der Waals surface area (Å²) in [6.07, 6.45) is 15.5. The van der Waals surface area contributed by atoms with Crippen LogP contribution in [0.15, 0.2) is 34.9 Å². The molecule has 124 valence electrons. The van der Waals surface area contributed by atoms with E-state index in [0.29, 0.717) is 5.03 Å². The van der Waals surface area contributed by atoms with Crippen LogP contribution in [0.5, 0.6) is 0 Å². The molecule has 2 unspecified atom stereocenters. The van der Waals surface area contributed by atoms with Crippen LogP contribution in [0.2, 0.25) is 0 Å². The summed E-state index contributed by atoms with van der Waals surface area (Å²) in [4.78, 5) is 12.1. The molecular weight excluding hydrogens is 296 g/mol. The predicted molar refractivity (Wildman–Crippen MR) is 93.9 cm³/mol. The monoisotopic (exact) mass is 324 g/mol. The van der Waals surface area contributed by atoms with Crippen LogP contribution in [0.1, 0.15) is 65.2 Å². The number of aliphatic hydroxyl groups is 1. The predicted octanol–water partition coefficient (Wildman–Crippen LogP) is 5.31. The Hall–Kier alpha value is -0.860. The van der Waals surface area contributed by atoms with E-state index < -0.39 is 6.10 Å². The van der Waals surface area contributed by atoms with Crippen molar-refractivity contribution in [3.8, 4) is 0 Å². The topological polar surface area (TPSA) is 37.3 Å². The highest BCUT2D eigenvalue weighted by Gasteiger charge is 2.26. The number of carbonyl (C=O) groups is 1. The zero-order valence-corrected chi connectivity index (χ0v) is 14.6. The average Bonchev–Trinajstić information content (AvgIpc) is 2.77. The number of allylic oxidation sites excluding steroid dienone is 5. The third kappa shape index (κ3) is 6.50. The highest BCUT2D eigenvalue weighted by Crippen LogP contribution is 2.31. The van der Waals surface area contributed by atoms with E-state index in [0.717, 1.165) is 44.1 Å². The Morgan fingerprint density at radius 3 is 2.59 bits per heavy atom. The Morgan fingerprint density at radius 1 is 1.23 bits per heavy atom. The van der Waals surface area contributed by atoms with Gasteiger partial charge in [-0.05, 0) is 19.3 Å². The summed E-state index contributed by atoms with van der Waals surface area (Å²) in [7, 11) is 0. The maximum atomic E-state index is 12.1. The molecule has 0 bridgehead atoms. The minimum atomic E-state index is -0.434. The summed E-state index contributed by atoms with van der Waals surface area (Å²) in [6.45, 7) is 4.31. The van der Waals surface area contributed by atoms with Crippen LogP contribution in [0.25, 0.3) is 0 Å². The number of rotatable bonds is 10. The second-order valence-corrected chi connectivity index (χ2v) is 6.38. The standard InChI is InChI=1S/C19H29ClO2/c1-3-5-7-9-11-17-15(14-18(20)19(17)22)12-13-16(21)10-8-6-4-2/h11-16,21H,3-10H2,1-2H3. The molecule has 0 aliphatic heterocycles. The number of aliphatic hydroxyl groups excluding tert-OH is 1. The van der Waals surface area contributed by atoms with Gasteiger partial charge in [-0.2, -0.15) is 0 Å². The van der Waals surface area contributed by atoms with Gasteiger partial charge in [0.05, 0.1) is 11.1 Å². The van der Waals surface area contributed by atoms with Crippen LogP contribution in [0.3, 0.4) is 0 Å². The Labute approximate surface area is 139 Å². The van der Waals surface area contributed by atoms with Crippen molar-refractivity contribution in [2.45, 2.75) is 71.3 Å². The van der Waals surface area contributed by atoms with Crippen LogP contribution >= 0.6 is 11.6 Å². The van der Waals surface area contributed by atoms with Crippen molar-refractivity contribution in [1.29, 1.82) is 0 Å². The van der Waals surface area contributed by atoms with E-state index in [1.807, 2.05) is 12.2 Å². The lowest BCUT2D eigenvalue weighted by Crippen LogP contribution is -2.05. The maximum absolute atomic E-state index is 12.1. The third-order valence-corrected chi connectivity index (χ3v) is 4.28. The lowest BCUT2D eigenvalue weighted by atomic mass is 9.98. The summed E-state index contributed by atoms with van der Waals surface area (Å²) in [5.74, 6) is -0.143. The van der Waals surface area contributed by atoms with Crippen LogP contribution < -0.4 is 0 Å². The molecule has 0 radical (unpaired) electrons. The molecule has 0 amide bonds. The van der Waals surface area contributed by atoms with Crippen LogP contribution in [-0.2, 0) is 4.79 Å². The van der Waals surface area contributed by atoms with E-state index in [9.17, 15) is 9.90 Å². The fraction of sp³-hybridized carbons (Fsp3) is 0.632. The molecule has 1 N–H and O–H groups in total. The van der Waals surface area contributed by atoms with E-state index in [4.69, 9.17) is 11.6 Å². The zero-order chi connectivity index (χ0) is 16.4. The van der Waals surface area contributed by atoms with Gasteiger partial charge in [0.25, 0.3) is 0 Å². The number of Topliss-reactive ketones (excluding diaryl/α,β-unsaturated/α-hetero) is 1. The summed E-state index contributed by atoms with van der Waals surface area (Å²) in [5, 5.41) is 10.3. The van der Waals surface area contributed by atoms with Crippen molar-refractivity contribution in [1.82, 2.24) is 0 Å². The highest BCUT2D eigenvalue weighted by atomic mass is 35.5. The second-order valence-electron chi connectivity index (χ2n) is 5.97. The first-order valence-electron chi connectivity index (χ1n) is 8.58. The summed E-state index contributed by atoms with van der Waals surface area (Å²) >= 11 is 5.98. The van der Waals surface area contributed by atoms with E-state index in [2.05, 4.69) is 13.8 Å². The van der Waals surface area contributed by atoms with E-state index in [1.165, 1.54) is 12.8 Å². The molecule has 1 aliphatic rings. The first kappa shape index (κ1) is 19.2. The molecule has 0 fully saturated rings. The van der Waals surface area contributed by atoms with Gasteiger partial charge in [0.15, 0.2) is 0 Å². The number of unbranched alkanes of at least 4 members (excludes halogenated alkanes) is 5. The first-order chi connectivity index (χ1) is 10.6. The number of halogens is 1. The quantitative estimate of drug-likeness (QED) is 0.336. The van der Waals surface area contributed by atoms with Crippen LogP contribution in [0.4, 0.5) is 0 Å². The summed E-state index contributed by atoms with van der Waals surface area (Å²) < 4.78 is 0. The Bertz CT molecular complexity index is 435. The molecule has 0 aromatic carbocycles. The molecule has 0 aromatic rings. The Morgan fingerprint density at radius 2 is 1.91 bits per heavy atom. The fourth-order valence-electron chi connectivity index (χ4n) is 2.60. The van der Waals surface area contributed by atoms with Crippen molar-refractivity contribution in [2.24, 2.45) is 5.92 Å². The molecule has 0 saturated heterocycles.